The number of alkyl halides is 2. The van der Waals surface area contributed by atoms with Gasteiger partial charge < -0.3 is 15.2 Å². The number of fused-ring (bicyclic) bond motifs is 1. The number of carboxylic acid groups (broad SMARTS) is 1. The van der Waals surface area contributed by atoms with Gasteiger partial charge in [0, 0.05) is 24.2 Å². The lowest BCUT2D eigenvalue weighted by atomic mass is 10.0. The van der Waals surface area contributed by atoms with Crippen molar-refractivity contribution >= 4 is 47.1 Å². The van der Waals surface area contributed by atoms with Crippen LogP contribution in [-0.4, -0.2) is 67.3 Å². The topological polar surface area (TPSA) is 131 Å². The number of carbonyl (C=O) groups excluding carboxylic acids is 3. The van der Waals surface area contributed by atoms with Crippen LogP contribution in [0.1, 0.15) is 43.5 Å². The van der Waals surface area contributed by atoms with Crippen LogP contribution in [0.3, 0.4) is 0 Å². The number of hydrogen-bond donors (Lipinski definition) is 2. The fourth-order valence-electron chi connectivity index (χ4n) is 3.82. The highest BCUT2D eigenvalue weighted by Gasteiger charge is 2.54. The maximum absolute atomic E-state index is 13.2. The fraction of sp³-hybridized carbons (Fsp3) is 0.526. The molecule has 1 aromatic rings. The molecular formula is C19H19ClF2N4O6S. The molecule has 0 aromatic carbocycles. The summed E-state index contributed by atoms with van der Waals surface area (Å²) in [5.74, 6) is -3.05. The molecular weight excluding hydrogens is 486 g/mol. The summed E-state index contributed by atoms with van der Waals surface area (Å²) in [7, 11) is 0. The summed E-state index contributed by atoms with van der Waals surface area (Å²) in [5.41, 5.74) is -0.206. The van der Waals surface area contributed by atoms with Crippen LogP contribution in [-0.2, 0) is 30.5 Å². The van der Waals surface area contributed by atoms with E-state index in [-0.39, 0.29) is 34.6 Å². The van der Waals surface area contributed by atoms with E-state index in [4.69, 9.17) is 16.3 Å². The molecule has 2 aliphatic heterocycles. The molecule has 0 radical (unpaired) electrons. The molecule has 33 heavy (non-hydrogen) atoms. The summed E-state index contributed by atoms with van der Waals surface area (Å²) in [5, 5.41) is 15.1. The van der Waals surface area contributed by atoms with Crippen LogP contribution in [0.2, 0.25) is 5.02 Å². The number of rotatable bonds is 8. The van der Waals surface area contributed by atoms with Gasteiger partial charge in [0.25, 0.3) is 12.3 Å². The highest BCUT2D eigenvalue weighted by molar-refractivity contribution is 8.00. The number of β-lactam (4-membered cyclic amide) rings is 1. The summed E-state index contributed by atoms with van der Waals surface area (Å²) in [6.07, 6.45) is -1.38. The largest absolute Gasteiger partial charge is 0.477 e. The monoisotopic (exact) mass is 504 g/mol. The average molecular weight is 505 g/mol. The van der Waals surface area contributed by atoms with Crippen molar-refractivity contribution in [1.82, 2.24) is 20.0 Å². The van der Waals surface area contributed by atoms with Crippen LogP contribution in [0.5, 0.6) is 0 Å². The van der Waals surface area contributed by atoms with E-state index in [1.807, 2.05) is 0 Å². The molecule has 1 aromatic heterocycles. The number of carbonyl (C=O) groups is 4. The first-order valence-corrected chi connectivity index (χ1v) is 11.4. The number of nitrogens with one attached hydrogen (secondary N) is 1. The molecule has 2 N–H and O–H groups in total. The summed E-state index contributed by atoms with van der Waals surface area (Å²) >= 11 is 7.27. The van der Waals surface area contributed by atoms with Crippen LogP contribution in [0, 0.1) is 0 Å². The minimum Gasteiger partial charge on any atom is -0.477 e. The lowest BCUT2D eigenvalue weighted by molar-refractivity contribution is -0.151. The second-order valence-corrected chi connectivity index (χ2v) is 9.29. The third-order valence-electron chi connectivity index (χ3n) is 5.44. The molecule has 3 heterocycles. The third-order valence-corrected chi connectivity index (χ3v) is 7.16. The van der Waals surface area contributed by atoms with Crippen LogP contribution >= 0.6 is 23.4 Å². The van der Waals surface area contributed by atoms with Crippen molar-refractivity contribution < 1.29 is 37.8 Å². The first-order chi connectivity index (χ1) is 15.6. The molecule has 2 atom stereocenters. The van der Waals surface area contributed by atoms with Gasteiger partial charge in [-0.2, -0.15) is 5.10 Å². The number of aromatic nitrogens is 2. The molecule has 1 saturated carbocycles. The molecule has 1 saturated heterocycles. The van der Waals surface area contributed by atoms with E-state index in [1.54, 1.807) is 0 Å². The second kappa shape index (κ2) is 8.93. The fourth-order valence-corrected chi connectivity index (χ4v) is 5.52. The van der Waals surface area contributed by atoms with E-state index in [9.17, 15) is 33.1 Å². The van der Waals surface area contributed by atoms with Gasteiger partial charge in [-0.15, -0.1) is 11.8 Å². The number of amides is 2. The maximum Gasteiger partial charge on any atom is 0.352 e. The van der Waals surface area contributed by atoms with Crippen LogP contribution in [0.15, 0.2) is 11.3 Å². The van der Waals surface area contributed by atoms with E-state index in [1.165, 1.54) is 18.7 Å². The Hall–Kier alpha value is -2.67. The number of aliphatic carboxylic acids is 1. The van der Waals surface area contributed by atoms with Crippen molar-refractivity contribution in [3.05, 3.63) is 27.7 Å². The van der Waals surface area contributed by atoms with Crippen molar-refractivity contribution in [3.63, 3.8) is 0 Å². The number of nitrogens with zero attached hydrogens (tertiary/aromatic N) is 3. The first kappa shape index (κ1) is 23.5. The zero-order chi connectivity index (χ0) is 24.0. The number of halogens is 3. The molecule has 3 aliphatic rings. The first-order valence-electron chi connectivity index (χ1n) is 9.97. The van der Waals surface area contributed by atoms with Crippen molar-refractivity contribution in [2.45, 2.75) is 50.1 Å². The second-order valence-electron chi connectivity index (χ2n) is 7.81. The van der Waals surface area contributed by atoms with Gasteiger partial charge in [0.15, 0.2) is 0 Å². The Balaban J connectivity index is 1.46. The number of hydrogen-bond acceptors (Lipinski definition) is 7. The van der Waals surface area contributed by atoms with E-state index in [0.29, 0.717) is 5.69 Å². The summed E-state index contributed by atoms with van der Waals surface area (Å²) < 4.78 is 32.4. The zero-order valence-corrected chi connectivity index (χ0v) is 18.8. The van der Waals surface area contributed by atoms with Gasteiger partial charge in [-0.1, -0.05) is 11.6 Å². The third kappa shape index (κ3) is 4.43. The van der Waals surface area contributed by atoms with Gasteiger partial charge in [0.1, 0.15) is 36.0 Å². The van der Waals surface area contributed by atoms with Gasteiger partial charge >= 0.3 is 11.9 Å². The van der Waals surface area contributed by atoms with Gasteiger partial charge in [0.05, 0.1) is 10.7 Å². The minimum atomic E-state index is -2.89. The van der Waals surface area contributed by atoms with Gasteiger partial charge in [0.2, 0.25) is 5.91 Å². The minimum absolute atomic E-state index is 0.0427. The van der Waals surface area contributed by atoms with Crippen LogP contribution in [0.4, 0.5) is 8.78 Å². The molecule has 2 fully saturated rings. The Morgan fingerprint density at radius 1 is 1.36 bits per heavy atom. The highest BCUT2D eigenvalue weighted by atomic mass is 35.5. The van der Waals surface area contributed by atoms with Crippen molar-refractivity contribution in [1.29, 1.82) is 0 Å². The van der Waals surface area contributed by atoms with Crippen LogP contribution in [0.25, 0.3) is 0 Å². The Morgan fingerprint density at radius 2 is 2.06 bits per heavy atom. The van der Waals surface area contributed by atoms with Crippen LogP contribution < -0.4 is 5.32 Å². The predicted octanol–water partition coefficient (Wildman–Crippen LogP) is 1.65. The molecule has 2 amide bonds. The van der Waals surface area contributed by atoms with Gasteiger partial charge in [-0.3, -0.25) is 24.0 Å². The summed E-state index contributed by atoms with van der Waals surface area (Å²) in [6, 6.07) is -0.989. The van der Waals surface area contributed by atoms with Gasteiger partial charge in [-0.25, -0.2) is 13.6 Å². The lowest BCUT2D eigenvalue weighted by Crippen LogP contribution is -2.70. The number of thioether (sulfide) groups is 1. The zero-order valence-electron chi connectivity index (χ0n) is 17.2. The van der Waals surface area contributed by atoms with E-state index in [2.05, 4.69) is 10.4 Å². The lowest BCUT2D eigenvalue weighted by Gasteiger charge is -2.49. The molecule has 14 heteroatoms. The Bertz CT molecular complexity index is 1070. The number of ether oxygens (including phenoxy) is 1. The normalized spacial score (nSPS) is 22.2. The Labute approximate surface area is 195 Å². The molecule has 1 aliphatic carbocycles. The molecule has 0 unspecified atom stereocenters. The van der Waals surface area contributed by atoms with E-state index in [0.717, 1.165) is 22.4 Å². The van der Waals surface area contributed by atoms with E-state index < -0.39 is 53.8 Å². The van der Waals surface area contributed by atoms with Crippen molar-refractivity contribution in [2.75, 3.05) is 12.4 Å². The molecule has 10 nitrogen and oxygen atoms in total. The molecule has 4 rings (SSSR count). The summed E-state index contributed by atoms with van der Waals surface area (Å²) in [4.78, 5) is 49.1. The number of carboxylic acids is 1. The van der Waals surface area contributed by atoms with E-state index >= 15 is 0 Å². The van der Waals surface area contributed by atoms with Crippen molar-refractivity contribution in [3.8, 4) is 0 Å². The highest BCUT2D eigenvalue weighted by Crippen LogP contribution is 2.45. The van der Waals surface area contributed by atoms with Gasteiger partial charge in [-0.05, 0) is 12.8 Å². The quantitative estimate of drug-likeness (QED) is 0.403. The predicted molar refractivity (Wildman–Crippen MR) is 110 cm³/mol. The maximum atomic E-state index is 13.2. The smallest absolute Gasteiger partial charge is 0.352 e. The Kier molecular flexibility index (Phi) is 6.36. The molecule has 178 valence electrons. The molecule has 0 bridgehead atoms. The number of esters is 1. The SMILES string of the molecule is CC(=O)OCC1=C(C(=O)O)N2C(=O)[C@H](NC(=O)Cn3nc(C(F)F)c(Cl)c3C3CC3)[C@@H]2SC1. The average Bonchev–Trinajstić information content (AvgIpc) is 3.52. The Morgan fingerprint density at radius 3 is 2.64 bits per heavy atom. The standard InChI is InChI=1S/C19H19ClF2N4O6S/c1-7(27)32-5-9-6-33-18-13(17(29)26(18)15(9)19(30)31)23-10(28)4-25-14(8-2-3-8)11(20)12(24-25)16(21)22/h8,13,16,18H,2-6H2,1H3,(H,23,28)(H,30,31)/t13-,18-/m0/s1. The van der Waals surface area contributed by atoms with Crippen molar-refractivity contribution in [2.24, 2.45) is 0 Å². The molecule has 0 spiro atoms. The summed E-state index contributed by atoms with van der Waals surface area (Å²) in [6.45, 7) is 0.526.